The molecule has 0 unspecified atom stereocenters. The Morgan fingerprint density at radius 3 is 2.76 bits per heavy atom. The van der Waals surface area contributed by atoms with E-state index in [1.165, 1.54) is 0 Å². The lowest BCUT2D eigenvalue weighted by atomic mass is 9.93. The van der Waals surface area contributed by atoms with E-state index in [1.807, 2.05) is 13.8 Å². The summed E-state index contributed by atoms with van der Waals surface area (Å²) in [5.41, 5.74) is -0.140. The van der Waals surface area contributed by atoms with Gasteiger partial charge in [-0.3, -0.25) is 9.59 Å². The van der Waals surface area contributed by atoms with Crippen LogP contribution in [0.3, 0.4) is 0 Å². The van der Waals surface area contributed by atoms with Crippen molar-refractivity contribution < 1.29 is 19.1 Å². The minimum Gasteiger partial charge on any atom is -0.484 e. The van der Waals surface area contributed by atoms with Crippen LogP contribution < -0.4 is 10.1 Å². The lowest BCUT2D eigenvalue weighted by molar-refractivity contribution is -0.123. The van der Waals surface area contributed by atoms with E-state index >= 15 is 0 Å². The van der Waals surface area contributed by atoms with Gasteiger partial charge in [0, 0.05) is 23.9 Å². The number of ether oxygens (including phenoxy) is 2. The summed E-state index contributed by atoms with van der Waals surface area (Å²) in [5, 5.41) is 3.30. The van der Waals surface area contributed by atoms with E-state index in [4.69, 9.17) is 21.1 Å². The third kappa shape index (κ3) is 4.07. The lowest BCUT2D eigenvalue weighted by Gasteiger charge is -2.38. The second-order valence-electron chi connectivity index (χ2n) is 6.92. The molecule has 0 bridgehead atoms. The number of hydrogen-bond acceptors (Lipinski definition) is 4. The molecule has 7 heteroatoms. The molecule has 0 saturated carbocycles. The maximum atomic E-state index is 13.0. The molecule has 3 rings (SSSR count). The Hall–Kier alpha value is -1.79. The zero-order valence-corrected chi connectivity index (χ0v) is 15.3. The number of halogens is 1. The Bertz CT molecular complexity index is 671. The van der Waals surface area contributed by atoms with Gasteiger partial charge in [0.15, 0.2) is 0 Å². The monoisotopic (exact) mass is 366 g/mol. The van der Waals surface area contributed by atoms with Crippen LogP contribution in [0.15, 0.2) is 18.2 Å². The van der Waals surface area contributed by atoms with Crippen molar-refractivity contribution in [2.24, 2.45) is 0 Å². The third-order valence-corrected chi connectivity index (χ3v) is 4.69. The van der Waals surface area contributed by atoms with Crippen molar-refractivity contribution >= 4 is 23.4 Å². The van der Waals surface area contributed by atoms with Crippen LogP contribution in [0.25, 0.3) is 0 Å². The van der Waals surface area contributed by atoms with Gasteiger partial charge in [0.2, 0.25) is 5.91 Å². The van der Waals surface area contributed by atoms with E-state index in [0.717, 1.165) is 0 Å². The van der Waals surface area contributed by atoms with Crippen LogP contribution in [0.2, 0.25) is 5.02 Å². The number of carbonyl (C=O) groups excluding carboxylic acids is 2. The van der Waals surface area contributed by atoms with Crippen molar-refractivity contribution in [3.63, 3.8) is 0 Å². The molecule has 1 N–H and O–H groups in total. The van der Waals surface area contributed by atoms with E-state index in [9.17, 15) is 9.59 Å². The molecule has 6 nitrogen and oxygen atoms in total. The Kier molecular flexibility index (Phi) is 5.20. The molecule has 0 aliphatic carbocycles. The second kappa shape index (κ2) is 7.22. The first kappa shape index (κ1) is 18.0. The van der Waals surface area contributed by atoms with Crippen LogP contribution in [-0.2, 0) is 9.53 Å². The quantitative estimate of drug-likeness (QED) is 0.890. The normalized spacial score (nSPS) is 19.4. The van der Waals surface area contributed by atoms with Crippen LogP contribution in [0, 0.1) is 0 Å². The first-order chi connectivity index (χ1) is 11.9. The fraction of sp³-hybridized carbons (Fsp3) is 0.556. The molecule has 1 saturated heterocycles. The Morgan fingerprint density at radius 2 is 2.08 bits per heavy atom. The zero-order chi connectivity index (χ0) is 18.0. The van der Waals surface area contributed by atoms with Gasteiger partial charge in [-0.05, 0) is 32.0 Å². The Labute approximate surface area is 152 Å². The maximum absolute atomic E-state index is 13.0. The molecule has 2 aliphatic rings. The fourth-order valence-electron chi connectivity index (χ4n) is 3.29. The predicted molar refractivity (Wildman–Crippen MR) is 94.0 cm³/mol. The van der Waals surface area contributed by atoms with E-state index in [0.29, 0.717) is 48.9 Å². The van der Waals surface area contributed by atoms with Gasteiger partial charge in [-0.2, -0.15) is 0 Å². The van der Waals surface area contributed by atoms with E-state index < -0.39 is 5.60 Å². The molecule has 0 aromatic heterocycles. The SMILES string of the molecule is CC(C)NC(=O)CN1CC2(CCOCC2)Oc2ccc(Cl)cc2C1=O. The number of rotatable bonds is 3. The number of amides is 2. The molecule has 0 atom stereocenters. The van der Waals surface area contributed by atoms with Crippen molar-refractivity contribution in [3.8, 4) is 5.75 Å². The number of carbonyl (C=O) groups is 2. The molecular formula is C18H23ClN2O4. The van der Waals surface area contributed by atoms with Crippen molar-refractivity contribution in [1.82, 2.24) is 10.2 Å². The number of nitrogens with one attached hydrogen (secondary N) is 1. The first-order valence-corrected chi connectivity index (χ1v) is 8.91. The van der Waals surface area contributed by atoms with Crippen molar-refractivity contribution in [3.05, 3.63) is 28.8 Å². The summed E-state index contributed by atoms with van der Waals surface area (Å²) >= 11 is 6.07. The molecule has 1 spiro atoms. The zero-order valence-electron chi connectivity index (χ0n) is 14.5. The highest BCUT2D eigenvalue weighted by Gasteiger charge is 2.42. The summed E-state index contributed by atoms with van der Waals surface area (Å²) in [4.78, 5) is 26.8. The molecule has 136 valence electrons. The largest absolute Gasteiger partial charge is 0.484 e. The second-order valence-corrected chi connectivity index (χ2v) is 7.36. The highest BCUT2D eigenvalue weighted by molar-refractivity contribution is 6.31. The van der Waals surface area contributed by atoms with E-state index in [1.54, 1.807) is 23.1 Å². The highest BCUT2D eigenvalue weighted by Crippen LogP contribution is 2.36. The van der Waals surface area contributed by atoms with E-state index in [2.05, 4.69) is 5.32 Å². The van der Waals surface area contributed by atoms with Gasteiger partial charge < -0.3 is 19.7 Å². The lowest BCUT2D eigenvalue weighted by Crippen LogP contribution is -2.53. The molecule has 2 heterocycles. The summed E-state index contributed by atoms with van der Waals surface area (Å²) in [5.74, 6) is 0.0962. The first-order valence-electron chi connectivity index (χ1n) is 8.53. The van der Waals surface area contributed by atoms with Gasteiger partial charge in [-0.1, -0.05) is 11.6 Å². The minimum absolute atomic E-state index is 0.00503. The van der Waals surface area contributed by atoms with Gasteiger partial charge in [0.25, 0.3) is 5.91 Å². The average Bonchev–Trinajstić information content (AvgIpc) is 2.64. The topological polar surface area (TPSA) is 67.9 Å². The van der Waals surface area contributed by atoms with Gasteiger partial charge >= 0.3 is 0 Å². The standard InChI is InChI=1S/C18H23ClN2O4/c1-12(2)20-16(22)10-21-11-18(5-7-24-8-6-18)25-15-4-3-13(19)9-14(15)17(21)23/h3-4,9,12H,5-8,10-11H2,1-2H3,(H,20,22). The van der Waals surface area contributed by atoms with Crippen molar-refractivity contribution in [2.45, 2.75) is 38.3 Å². The minimum atomic E-state index is -0.537. The molecule has 1 aromatic carbocycles. The van der Waals surface area contributed by atoms with Crippen LogP contribution in [0.5, 0.6) is 5.75 Å². The Morgan fingerprint density at radius 1 is 1.36 bits per heavy atom. The van der Waals surface area contributed by atoms with Crippen LogP contribution in [-0.4, -0.2) is 54.7 Å². The number of fused-ring (bicyclic) bond motifs is 1. The number of benzene rings is 1. The van der Waals surface area contributed by atoms with Gasteiger partial charge in [0.05, 0.1) is 25.3 Å². The molecule has 0 radical (unpaired) electrons. The highest BCUT2D eigenvalue weighted by atomic mass is 35.5. The van der Waals surface area contributed by atoms with E-state index in [-0.39, 0.29) is 24.4 Å². The molecule has 25 heavy (non-hydrogen) atoms. The average molecular weight is 367 g/mol. The summed E-state index contributed by atoms with van der Waals surface area (Å²) in [7, 11) is 0. The van der Waals surface area contributed by atoms with Crippen LogP contribution in [0.4, 0.5) is 0 Å². The van der Waals surface area contributed by atoms with Crippen LogP contribution in [0.1, 0.15) is 37.0 Å². The molecule has 2 amide bonds. The number of nitrogens with zero attached hydrogens (tertiary/aromatic N) is 1. The van der Waals surface area contributed by atoms with Gasteiger partial charge in [0.1, 0.15) is 17.9 Å². The molecule has 2 aliphatic heterocycles. The van der Waals surface area contributed by atoms with Crippen LogP contribution >= 0.6 is 11.6 Å². The summed E-state index contributed by atoms with van der Waals surface area (Å²) in [6, 6.07) is 5.06. The Balaban J connectivity index is 1.93. The smallest absolute Gasteiger partial charge is 0.258 e. The van der Waals surface area contributed by atoms with Crippen molar-refractivity contribution in [1.29, 1.82) is 0 Å². The van der Waals surface area contributed by atoms with Gasteiger partial charge in [-0.15, -0.1) is 0 Å². The summed E-state index contributed by atoms with van der Waals surface area (Å²) in [6.07, 6.45) is 1.34. The fourth-order valence-corrected chi connectivity index (χ4v) is 3.46. The molecule has 1 aromatic rings. The van der Waals surface area contributed by atoms with Gasteiger partial charge in [-0.25, -0.2) is 0 Å². The number of hydrogen-bond donors (Lipinski definition) is 1. The summed E-state index contributed by atoms with van der Waals surface area (Å²) in [6.45, 7) is 5.27. The maximum Gasteiger partial charge on any atom is 0.258 e. The third-order valence-electron chi connectivity index (χ3n) is 4.45. The molecule has 1 fully saturated rings. The predicted octanol–water partition coefficient (Wildman–Crippen LogP) is 2.25. The van der Waals surface area contributed by atoms with Crippen molar-refractivity contribution in [2.75, 3.05) is 26.3 Å². The molecular weight excluding hydrogens is 344 g/mol. The summed E-state index contributed by atoms with van der Waals surface area (Å²) < 4.78 is 11.7.